The van der Waals surface area contributed by atoms with E-state index >= 15 is 0 Å². The lowest BCUT2D eigenvalue weighted by Crippen LogP contribution is -2.02. The van der Waals surface area contributed by atoms with Crippen LogP contribution in [0.2, 0.25) is 0 Å². The van der Waals surface area contributed by atoms with E-state index in [9.17, 15) is 0 Å². The smallest absolute Gasteiger partial charge is 0.0140 e. The van der Waals surface area contributed by atoms with E-state index in [-0.39, 0.29) is 12.4 Å². The van der Waals surface area contributed by atoms with Crippen LogP contribution in [-0.2, 0) is 0 Å². The highest BCUT2D eigenvalue weighted by atomic mass is 35.5. The number of hydrogen-bond donors (Lipinski definition) is 2. The first kappa shape index (κ1) is 15.7. The van der Waals surface area contributed by atoms with Gasteiger partial charge in [-0.1, -0.05) is 0 Å². The molecule has 0 fully saturated rings. The Balaban J connectivity index is -0.0000000480. The molecule has 0 rings (SSSR count). The van der Waals surface area contributed by atoms with Gasteiger partial charge >= 0.3 is 0 Å². The van der Waals surface area contributed by atoms with Crippen molar-refractivity contribution in [3.05, 3.63) is 0 Å². The van der Waals surface area contributed by atoms with E-state index in [0.717, 1.165) is 0 Å². The minimum absolute atomic E-state index is 0. The molecule has 4 N–H and O–H groups in total. The molecule has 0 aliphatic heterocycles. The third-order valence-corrected chi connectivity index (χ3v) is 0. The molecular formula is C3H14ClN3. The quantitative estimate of drug-likeness (QED) is 0.338. The lowest BCUT2D eigenvalue weighted by molar-refractivity contribution is 0.505. The van der Waals surface area contributed by atoms with Gasteiger partial charge in [-0.2, -0.15) is 0 Å². The summed E-state index contributed by atoms with van der Waals surface area (Å²) in [4.78, 5) is 2.00. The molecule has 48 valence electrons. The van der Waals surface area contributed by atoms with Gasteiger partial charge in [0.2, 0.25) is 0 Å². The lowest BCUT2D eigenvalue weighted by atomic mass is 11.0. The van der Waals surface area contributed by atoms with Crippen molar-refractivity contribution in [2.75, 3.05) is 21.1 Å². The van der Waals surface area contributed by atoms with Crippen LogP contribution in [0.25, 0.3) is 0 Å². The largest absolute Gasteiger partial charge is 0.312 e. The topological polar surface area (TPSA) is 55.3 Å². The third-order valence-electron chi connectivity index (χ3n) is 0. The fraction of sp³-hybridized carbons (Fsp3) is 1.00. The van der Waals surface area contributed by atoms with E-state index in [1.165, 1.54) is 0 Å². The number of nitrogens with two attached hydrogens (primary N) is 2. The average Bonchev–Trinajstić information content (AvgIpc) is 1.41. The van der Waals surface area contributed by atoms with E-state index in [2.05, 4.69) is 11.7 Å². The first-order valence-corrected chi connectivity index (χ1v) is 1.67. The molecule has 0 amide bonds. The van der Waals surface area contributed by atoms with Crippen molar-refractivity contribution in [1.29, 1.82) is 0 Å². The van der Waals surface area contributed by atoms with Crippen LogP contribution in [0.15, 0.2) is 0 Å². The highest BCUT2D eigenvalue weighted by Crippen LogP contribution is 1.47. The second kappa shape index (κ2) is 16.4. The highest BCUT2D eigenvalue weighted by molar-refractivity contribution is 5.85. The van der Waals surface area contributed by atoms with Gasteiger partial charge in [-0.25, -0.2) is 0 Å². The van der Waals surface area contributed by atoms with Gasteiger partial charge in [-0.15, -0.1) is 12.4 Å². The SMILES string of the molecule is CN(C)C.Cl.NN. The summed E-state index contributed by atoms with van der Waals surface area (Å²) in [5, 5.41) is 0. The minimum Gasteiger partial charge on any atom is -0.312 e. The predicted molar refractivity (Wildman–Crippen MR) is 35.2 cm³/mol. The molecule has 0 atom stereocenters. The van der Waals surface area contributed by atoms with Crippen molar-refractivity contribution in [2.24, 2.45) is 11.7 Å². The van der Waals surface area contributed by atoms with Gasteiger partial charge in [0.05, 0.1) is 0 Å². The zero-order chi connectivity index (χ0) is 5.58. The molecule has 0 unspecified atom stereocenters. The zero-order valence-corrected chi connectivity index (χ0v) is 5.83. The van der Waals surface area contributed by atoms with Gasteiger partial charge < -0.3 is 4.90 Å². The summed E-state index contributed by atoms with van der Waals surface area (Å²) < 4.78 is 0. The van der Waals surface area contributed by atoms with Crippen LogP contribution >= 0.6 is 12.4 Å². The molecule has 0 aliphatic carbocycles. The Labute approximate surface area is 51.0 Å². The van der Waals surface area contributed by atoms with Gasteiger partial charge in [0, 0.05) is 0 Å². The van der Waals surface area contributed by atoms with Crippen molar-refractivity contribution in [3.8, 4) is 0 Å². The average molecular weight is 128 g/mol. The Bertz CT molecular complexity index is 14.9. The van der Waals surface area contributed by atoms with E-state index < -0.39 is 0 Å². The van der Waals surface area contributed by atoms with Crippen LogP contribution < -0.4 is 11.7 Å². The number of rotatable bonds is 0. The van der Waals surface area contributed by atoms with Gasteiger partial charge in [-0.05, 0) is 21.1 Å². The molecule has 0 aromatic heterocycles. The number of hydrogen-bond acceptors (Lipinski definition) is 3. The van der Waals surface area contributed by atoms with E-state index in [4.69, 9.17) is 0 Å². The highest BCUT2D eigenvalue weighted by Gasteiger charge is 1.58. The first-order valence-electron chi connectivity index (χ1n) is 1.67. The van der Waals surface area contributed by atoms with Gasteiger partial charge in [-0.3, -0.25) is 11.7 Å². The molecule has 0 saturated heterocycles. The van der Waals surface area contributed by atoms with Crippen LogP contribution in [0.5, 0.6) is 0 Å². The summed E-state index contributed by atoms with van der Waals surface area (Å²) in [6.07, 6.45) is 0. The van der Waals surface area contributed by atoms with Crippen LogP contribution in [0, 0.1) is 0 Å². The number of halogens is 1. The summed E-state index contributed by atoms with van der Waals surface area (Å²) in [7, 11) is 6.00. The molecule has 0 aromatic rings. The maximum atomic E-state index is 4.00. The Morgan fingerprint density at radius 1 is 1.00 bits per heavy atom. The predicted octanol–water partition coefficient (Wildman–Crippen LogP) is -0.582. The molecule has 0 heterocycles. The van der Waals surface area contributed by atoms with Crippen LogP contribution in [-0.4, -0.2) is 26.0 Å². The Kier molecular flexibility index (Phi) is 36.8. The molecule has 0 radical (unpaired) electrons. The summed E-state index contributed by atoms with van der Waals surface area (Å²) in [5.74, 6) is 8.00. The molecule has 0 aliphatic rings. The summed E-state index contributed by atoms with van der Waals surface area (Å²) >= 11 is 0. The third kappa shape index (κ3) is 3710. The van der Waals surface area contributed by atoms with Gasteiger partial charge in [0.25, 0.3) is 0 Å². The molecule has 7 heavy (non-hydrogen) atoms. The van der Waals surface area contributed by atoms with E-state index in [1.54, 1.807) is 0 Å². The maximum absolute atomic E-state index is 4.00. The number of hydrazine groups is 1. The van der Waals surface area contributed by atoms with Crippen LogP contribution in [0.1, 0.15) is 0 Å². The van der Waals surface area contributed by atoms with Crippen molar-refractivity contribution in [3.63, 3.8) is 0 Å². The molecule has 3 nitrogen and oxygen atoms in total. The monoisotopic (exact) mass is 127 g/mol. The second-order valence-corrected chi connectivity index (χ2v) is 1.34. The molecule has 0 saturated carbocycles. The fourth-order valence-electron chi connectivity index (χ4n) is 0. The summed E-state index contributed by atoms with van der Waals surface area (Å²) in [5.41, 5.74) is 0. The number of nitrogens with zero attached hydrogens (tertiary/aromatic N) is 1. The van der Waals surface area contributed by atoms with E-state index in [0.29, 0.717) is 0 Å². The zero-order valence-electron chi connectivity index (χ0n) is 5.01. The van der Waals surface area contributed by atoms with E-state index in [1.807, 2.05) is 26.0 Å². The first-order chi connectivity index (χ1) is 2.73. The van der Waals surface area contributed by atoms with Gasteiger partial charge in [0.15, 0.2) is 0 Å². The van der Waals surface area contributed by atoms with Crippen molar-refractivity contribution in [2.45, 2.75) is 0 Å². The second-order valence-electron chi connectivity index (χ2n) is 1.34. The molecule has 0 aromatic carbocycles. The van der Waals surface area contributed by atoms with Crippen molar-refractivity contribution in [1.82, 2.24) is 4.90 Å². The Hall–Kier alpha value is 0.170. The molecule has 0 spiro atoms. The molecular weight excluding hydrogens is 114 g/mol. The lowest BCUT2D eigenvalue weighted by Gasteiger charge is -1.90. The molecule has 0 bridgehead atoms. The van der Waals surface area contributed by atoms with Crippen molar-refractivity contribution >= 4 is 12.4 Å². The van der Waals surface area contributed by atoms with Crippen LogP contribution in [0.3, 0.4) is 0 Å². The minimum atomic E-state index is 0. The standard InChI is InChI=1S/C3H9N.ClH.H4N2/c1-4(2)3;;1-2/h1-3H3;1H;1-2H2. The fourth-order valence-corrected chi connectivity index (χ4v) is 0. The van der Waals surface area contributed by atoms with Crippen LogP contribution in [0.4, 0.5) is 0 Å². The Morgan fingerprint density at radius 2 is 1.00 bits per heavy atom. The van der Waals surface area contributed by atoms with Gasteiger partial charge in [0.1, 0.15) is 0 Å². The normalized spacial score (nSPS) is 6.00. The van der Waals surface area contributed by atoms with Crippen molar-refractivity contribution < 1.29 is 0 Å². The Morgan fingerprint density at radius 3 is 1.00 bits per heavy atom. The molecule has 4 heteroatoms. The maximum Gasteiger partial charge on any atom is -0.0140 e. The summed E-state index contributed by atoms with van der Waals surface area (Å²) in [6, 6.07) is 0. The summed E-state index contributed by atoms with van der Waals surface area (Å²) in [6.45, 7) is 0.